The van der Waals surface area contributed by atoms with Crippen LogP contribution in [0.2, 0.25) is 40.2 Å². The first-order valence-electron chi connectivity index (χ1n) is 41.8. The Morgan fingerprint density at radius 3 is 0.872 bits per heavy atom. The Bertz CT molecular complexity index is 6150. The normalized spacial score (nSPS) is 12.4. The predicted molar refractivity (Wildman–Crippen MR) is 536 cm³/mol. The molecule has 2 saturated heterocycles. The van der Waals surface area contributed by atoms with E-state index in [4.69, 9.17) is 128 Å². The predicted octanol–water partition coefficient (Wildman–Crippen LogP) is 21.5. The van der Waals surface area contributed by atoms with E-state index in [2.05, 4.69) is 89.4 Å². The number of benzene rings is 8. The molecule has 8 aromatic carbocycles. The quantitative estimate of drug-likeness (QED) is 0.0160. The van der Waals surface area contributed by atoms with E-state index in [0.717, 1.165) is 109 Å². The second-order valence-corrected chi connectivity index (χ2v) is 34.0. The van der Waals surface area contributed by atoms with Gasteiger partial charge in [0.15, 0.2) is 0 Å². The van der Waals surface area contributed by atoms with Crippen LogP contribution >= 0.6 is 92.8 Å². The number of anilines is 8. The molecule has 4 amide bonds. The number of methoxy groups -OCH3 is 4. The van der Waals surface area contributed by atoms with E-state index in [0.29, 0.717) is 175 Å². The van der Waals surface area contributed by atoms with Crippen molar-refractivity contribution in [3.05, 3.63) is 326 Å². The number of likely N-dealkylation sites (N-methyl/N-ethyl adjacent to an activating group) is 1. The van der Waals surface area contributed by atoms with Crippen LogP contribution in [-0.2, 0) is 26.2 Å². The first-order chi connectivity index (χ1) is 64.1. The van der Waals surface area contributed by atoms with E-state index in [-0.39, 0.29) is 17.7 Å². The van der Waals surface area contributed by atoms with Crippen LogP contribution in [0.3, 0.4) is 0 Å². The zero-order valence-electron chi connectivity index (χ0n) is 73.5. The first-order valence-corrected chi connectivity index (χ1v) is 44.9. The van der Waals surface area contributed by atoms with Crippen LogP contribution in [0.4, 0.5) is 46.0 Å². The number of halogens is 8. The van der Waals surface area contributed by atoms with Crippen molar-refractivity contribution >= 4 is 186 Å². The van der Waals surface area contributed by atoms with Gasteiger partial charge in [-0.15, -0.1) is 0 Å². The average molecular weight is 1950 g/mol. The van der Waals surface area contributed by atoms with Gasteiger partial charge in [0.2, 0.25) is 0 Å². The van der Waals surface area contributed by atoms with E-state index in [1.54, 1.807) is 102 Å². The van der Waals surface area contributed by atoms with Crippen LogP contribution in [0.1, 0.15) is 112 Å². The number of pyridine rings is 4. The van der Waals surface area contributed by atoms with E-state index < -0.39 is 5.91 Å². The van der Waals surface area contributed by atoms with E-state index in [9.17, 15) is 19.2 Å². The largest absolute Gasteiger partial charge is 0.495 e. The minimum absolute atomic E-state index is 0.317. The van der Waals surface area contributed by atoms with Crippen LogP contribution in [0.15, 0.2) is 224 Å². The molecule has 2 fully saturated rings. The molecule has 11 N–H and O–H groups in total. The van der Waals surface area contributed by atoms with Crippen molar-refractivity contribution in [2.45, 2.75) is 51.9 Å². The van der Waals surface area contributed by atoms with Gasteiger partial charge >= 0.3 is 0 Å². The van der Waals surface area contributed by atoms with Gasteiger partial charge in [0.25, 0.3) is 23.6 Å². The maximum absolute atomic E-state index is 13.1. The van der Waals surface area contributed by atoms with Crippen molar-refractivity contribution in [3.63, 3.8) is 0 Å². The maximum Gasteiger partial charge on any atom is 0.259 e. The summed E-state index contributed by atoms with van der Waals surface area (Å²) in [5, 5.41) is 52.5. The fraction of sp³-hybridized carbons (Fsp3) is 0.216. The number of piperidine rings is 1. The highest BCUT2D eigenvalue weighted by molar-refractivity contribution is 6.34. The number of ether oxygens (including phenoxy) is 4. The number of aromatic nitrogens is 4. The van der Waals surface area contributed by atoms with Gasteiger partial charge in [-0.1, -0.05) is 190 Å². The number of carbonyl (C=O) groups is 4. The third-order valence-electron chi connectivity index (χ3n) is 21.1. The second kappa shape index (κ2) is 47.8. The molecule has 36 heteroatoms. The van der Waals surface area contributed by atoms with Gasteiger partial charge < -0.3 is 81.1 Å². The SMILES string of the molecule is COc1cc(Cl)cc(C(=O)Nc2ccc(Cl)cn2)c1NCc1ccc(C(=N)N(C)C)cc1.COc1cc(Cl)cc(C(=O)Nc2ccc(Cl)cn2)c1NCc1ccc(C(=N)N2CCC2)cc1.COc1cc(Cl)cc(C(=O)Nc2ccc(Cl)cn2)c1NCc1ccc(C(=N)N2CCCCC2)cc1.COc1cc(Cl)cc(C(=O)Nc2ccc(Cl)cn2)c1NCc1ccc(C2=NCCN2C)cc1. The lowest BCUT2D eigenvalue weighted by molar-refractivity contribution is 0.101. The third kappa shape index (κ3) is 27.5. The third-order valence-corrected chi connectivity index (χ3v) is 22.9. The second-order valence-electron chi connectivity index (χ2n) is 30.5. The number of amidine groups is 4. The summed E-state index contributed by atoms with van der Waals surface area (Å²) in [7, 11) is 11.8. The number of rotatable bonds is 28. The average Bonchev–Trinajstić information content (AvgIpc) is 1.60. The summed E-state index contributed by atoms with van der Waals surface area (Å²) in [6.07, 6.45) is 10.5. The molecule has 0 bridgehead atoms. The minimum atomic E-state index is -0.391. The van der Waals surface area contributed by atoms with E-state index in [1.165, 1.54) is 59.6 Å². The molecule has 0 unspecified atom stereocenters. The van der Waals surface area contributed by atoms with Gasteiger partial charge in [-0.3, -0.25) is 40.4 Å². The number of likely N-dealkylation sites (tertiary alicyclic amines) is 2. The Morgan fingerprint density at radius 1 is 0.353 bits per heavy atom. The summed E-state index contributed by atoms with van der Waals surface area (Å²) < 4.78 is 21.9. The highest BCUT2D eigenvalue weighted by Crippen LogP contribution is 2.39. The molecule has 15 rings (SSSR count). The summed E-state index contributed by atoms with van der Waals surface area (Å²) in [4.78, 5) is 81.1. The molecule has 12 aromatic rings. The van der Waals surface area contributed by atoms with Gasteiger partial charge in [0, 0.05) is 171 Å². The van der Waals surface area contributed by atoms with Crippen molar-refractivity contribution in [3.8, 4) is 23.0 Å². The molecule has 0 radical (unpaired) electrons. The standard InChI is InChI=1S/C26H27Cl2N5O2.2C24H23Cl2N5O2.C23H23Cl2N5O2/c1-35-22-14-20(28)13-21(26(34)32-23-10-9-19(27)16-30-23)24(22)31-15-17-5-7-18(8-6-17)25(29)33-11-3-2-4-12-33;1-31-10-9-27-23(31)16-5-3-15(4-6-16)13-29-22-19(11-18(26)12-20(22)33-2)24(32)30-21-8-7-17(25)14-28-21;1-33-20-12-18(26)11-19(24(32)30-21-8-7-17(25)14-28-21)22(20)29-13-15-3-5-16(6-4-15)23(27)31-9-2-10-31;1-30(2)22(26)15-6-4-14(5-7-15)12-28-21-18(10-17(25)11-19(21)32-3)23(31)29-20-9-8-16(24)13-27-20/h5-10,13-14,16,29,31H,2-4,11-12,15H2,1H3,(H,30,32,34);3-8,11-12,14,29H,9-10,13H2,1-2H3,(H,28,30,32);3-8,11-12,14,27,29H,2,9-10,13H2,1H3,(H,28,30,32);4-11,13,26,28H,12H2,1-3H3,(H,27,29,31). The Labute approximate surface area is 810 Å². The van der Waals surface area contributed by atoms with Crippen molar-refractivity contribution in [2.75, 3.05) is 131 Å². The smallest absolute Gasteiger partial charge is 0.259 e. The molecule has 0 atom stereocenters. The molecule has 0 spiro atoms. The molecule has 4 aromatic heterocycles. The van der Waals surface area contributed by atoms with Crippen LogP contribution in [-0.4, -0.2) is 175 Å². The number of amides is 4. The number of hydrogen-bond acceptors (Lipinski definition) is 21. The lowest BCUT2D eigenvalue weighted by Gasteiger charge is -2.33. The molecule has 3 aliphatic rings. The molecular weight excluding hydrogens is 1860 g/mol. The van der Waals surface area contributed by atoms with Crippen LogP contribution in [0.5, 0.6) is 23.0 Å². The fourth-order valence-corrected chi connectivity index (χ4v) is 15.2. The summed E-state index contributed by atoms with van der Waals surface area (Å²) in [5.74, 6) is 4.33. The zero-order valence-corrected chi connectivity index (χ0v) is 79.5. The lowest BCUT2D eigenvalue weighted by atomic mass is 10.1. The molecule has 3 aliphatic heterocycles. The van der Waals surface area contributed by atoms with Crippen LogP contribution in [0, 0.1) is 16.2 Å². The van der Waals surface area contributed by atoms with Crippen LogP contribution < -0.4 is 61.5 Å². The van der Waals surface area contributed by atoms with Gasteiger partial charge in [-0.25, -0.2) is 19.9 Å². The number of carbonyl (C=O) groups excluding carboxylic acids is 4. The number of hydrogen-bond donors (Lipinski definition) is 11. The summed E-state index contributed by atoms with van der Waals surface area (Å²) in [6, 6.07) is 57.6. The molecular formula is C97H96Cl8N20O8. The lowest BCUT2D eigenvalue weighted by Crippen LogP contribution is -2.42. The van der Waals surface area contributed by atoms with Crippen molar-refractivity contribution in [1.82, 2.24) is 39.5 Å². The topological polar surface area (TPSA) is 350 Å². The molecule has 28 nitrogen and oxygen atoms in total. The van der Waals surface area contributed by atoms with Gasteiger partial charge in [0.05, 0.1) is 100 Å². The van der Waals surface area contributed by atoms with E-state index in [1.807, 2.05) is 111 Å². The highest BCUT2D eigenvalue weighted by Gasteiger charge is 2.26. The van der Waals surface area contributed by atoms with Crippen molar-refractivity contribution in [1.29, 1.82) is 16.2 Å². The molecule has 133 heavy (non-hydrogen) atoms. The molecule has 688 valence electrons. The Kier molecular flexibility index (Phi) is 35.5. The maximum atomic E-state index is 13.1. The summed E-state index contributed by atoms with van der Waals surface area (Å²) in [6.45, 7) is 7.34. The number of nitrogens with zero attached hydrogens (tertiary/aromatic N) is 9. The molecule has 0 saturated carbocycles. The van der Waals surface area contributed by atoms with Crippen LogP contribution in [0.25, 0.3) is 0 Å². The zero-order chi connectivity index (χ0) is 94.8. The monoisotopic (exact) mass is 1950 g/mol. The molecule has 0 aliphatic carbocycles. The van der Waals surface area contributed by atoms with Gasteiger partial charge in [0.1, 0.15) is 69.6 Å². The number of nitrogens with one attached hydrogen (secondary N) is 11. The van der Waals surface area contributed by atoms with Crippen molar-refractivity contribution < 1.29 is 38.1 Å². The Morgan fingerprint density at radius 2 is 0.632 bits per heavy atom. The molecule has 7 heterocycles. The minimum Gasteiger partial charge on any atom is -0.495 e. The van der Waals surface area contributed by atoms with Gasteiger partial charge in [-0.2, -0.15) is 0 Å². The van der Waals surface area contributed by atoms with Gasteiger partial charge in [-0.05, 0) is 121 Å². The highest BCUT2D eigenvalue weighted by atomic mass is 35.5. The Balaban J connectivity index is 0.000000160. The summed E-state index contributed by atoms with van der Waals surface area (Å²) in [5.41, 5.74) is 11.1. The van der Waals surface area contributed by atoms with Crippen molar-refractivity contribution in [2.24, 2.45) is 4.99 Å². The van der Waals surface area contributed by atoms with E-state index >= 15 is 0 Å². The first kappa shape index (κ1) is 98.9. The Hall–Kier alpha value is -13.2. The summed E-state index contributed by atoms with van der Waals surface area (Å²) >= 11 is 48.4. The fourth-order valence-electron chi connectivity index (χ4n) is 14.0. The number of aliphatic imine (C=N–C) groups is 1.